The SMILES string of the molecule is CC/C=C\C/C=C\C/C=C\C/C=C\C/C=C\CC(=O)OCC(COC1OC(C(=O)O)C(O)C(O)C1OC(=O)CCCCCCCC/C=C\C/C=C\C/C=C\C/C=C\CC)OC(=O)C/C=C\C/C=C\C/C=C\C/C=C\C/C=C\CC. The van der Waals surface area contributed by atoms with Gasteiger partial charge in [0.1, 0.15) is 18.8 Å². The fraction of sp³-hybridized carbons (Fsp3) is 0.522. The Morgan fingerprint density at radius 3 is 1.22 bits per heavy atom. The number of hydrogen-bond donors (Lipinski definition) is 3. The Kier molecular flexibility index (Phi) is 47.5. The van der Waals surface area contributed by atoms with Crippen LogP contribution in [0.3, 0.4) is 0 Å². The smallest absolute Gasteiger partial charge is 0.335 e. The number of carboxylic acids is 1. The minimum Gasteiger partial charge on any atom is -0.479 e. The summed E-state index contributed by atoms with van der Waals surface area (Å²) in [5, 5.41) is 31.5. The second-order valence-electron chi connectivity index (χ2n) is 18.8. The first-order chi connectivity index (χ1) is 38.6. The van der Waals surface area contributed by atoms with Gasteiger partial charge in [0.15, 0.2) is 24.6 Å². The Morgan fingerprint density at radius 2 is 0.797 bits per heavy atom. The van der Waals surface area contributed by atoms with Crippen molar-refractivity contribution in [3.05, 3.63) is 170 Å². The first kappa shape index (κ1) is 71.1. The minimum absolute atomic E-state index is 0.0141. The van der Waals surface area contributed by atoms with Crippen molar-refractivity contribution in [3.8, 4) is 0 Å². The molecule has 12 nitrogen and oxygen atoms in total. The van der Waals surface area contributed by atoms with Gasteiger partial charge in [0.2, 0.25) is 0 Å². The van der Waals surface area contributed by atoms with Crippen LogP contribution in [0.1, 0.15) is 175 Å². The second kappa shape index (κ2) is 52.8. The van der Waals surface area contributed by atoms with Crippen LogP contribution < -0.4 is 0 Å². The highest BCUT2D eigenvalue weighted by Gasteiger charge is 2.50. The number of hydrogen-bond acceptors (Lipinski definition) is 11. The predicted molar refractivity (Wildman–Crippen MR) is 321 cm³/mol. The molecule has 0 aromatic rings. The van der Waals surface area contributed by atoms with Crippen molar-refractivity contribution in [2.24, 2.45) is 0 Å². The number of carboxylic acid groups (broad SMARTS) is 1. The lowest BCUT2D eigenvalue weighted by Crippen LogP contribution is -2.61. The van der Waals surface area contributed by atoms with E-state index in [0.29, 0.717) is 19.3 Å². The molecule has 79 heavy (non-hydrogen) atoms. The van der Waals surface area contributed by atoms with E-state index >= 15 is 0 Å². The van der Waals surface area contributed by atoms with Gasteiger partial charge in [-0.25, -0.2) is 4.79 Å². The largest absolute Gasteiger partial charge is 0.479 e. The number of aliphatic hydroxyl groups excluding tert-OH is 2. The molecule has 6 atom stereocenters. The number of unbranched alkanes of at least 4 members (excludes halogenated alkanes) is 6. The van der Waals surface area contributed by atoms with Crippen LogP contribution in [0.25, 0.3) is 0 Å². The van der Waals surface area contributed by atoms with Gasteiger partial charge in [-0.05, 0) is 109 Å². The third kappa shape index (κ3) is 42.7. The molecule has 12 heteroatoms. The molecule has 1 aliphatic rings. The molecule has 0 aromatic heterocycles. The van der Waals surface area contributed by atoms with E-state index in [1.54, 1.807) is 12.2 Å². The molecular weight excluding hydrogens is 997 g/mol. The molecule has 6 unspecified atom stereocenters. The number of esters is 3. The molecule has 0 aliphatic carbocycles. The number of carbonyl (C=O) groups is 4. The quantitative estimate of drug-likeness (QED) is 0.0228. The molecule has 0 amide bonds. The van der Waals surface area contributed by atoms with Gasteiger partial charge in [0.05, 0.1) is 19.4 Å². The van der Waals surface area contributed by atoms with Crippen LogP contribution in [-0.2, 0) is 42.9 Å². The fourth-order valence-corrected chi connectivity index (χ4v) is 7.51. The van der Waals surface area contributed by atoms with Crippen molar-refractivity contribution >= 4 is 23.9 Å². The maximum absolute atomic E-state index is 13.1. The normalized spacial score (nSPS) is 19.1. The standard InChI is InChI=1S/C67H98O12/c1-4-7-10-13-16-19-22-25-28-29-30-31-34-37-40-43-46-49-52-55-61(70)78-65-63(72)62(71)64(66(73)74)79-67(65)76-57-58(77-60(69)54-51-48-45-42-39-36-33-27-24-21-18-15-12-9-6-3)56-75-59(68)53-50-47-44-41-38-35-32-26-23-20-17-14-11-8-5-2/h7-12,16-21,25-28,30-33,38-39,41-42,47-48,50-51,58,62-65,67,71-72H,4-6,13-15,22-24,29,34-37,40,43-46,49,52-57H2,1-3H3,(H,73,74)/b10-7-,11-8-,12-9-,19-16-,20-17-,21-18-,28-25-,31-30-,32-26-,33-27-,41-38-,42-39-,50-47-,51-48-. The van der Waals surface area contributed by atoms with Crippen LogP contribution in [0.4, 0.5) is 0 Å². The van der Waals surface area contributed by atoms with E-state index in [9.17, 15) is 34.5 Å². The van der Waals surface area contributed by atoms with E-state index in [0.717, 1.165) is 116 Å². The fourth-order valence-electron chi connectivity index (χ4n) is 7.51. The zero-order valence-corrected chi connectivity index (χ0v) is 48.0. The molecule has 1 saturated heterocycles. The topological polar surface area (TPSA) is 175 Å². The molecule has 0 bridgehead atoms. The lowest BCUT2D eigenvalue weighted by Gasteiger charge is -2.40. The summed E-state index contributed by atoms with van der Waals surface area (Å²) < 4.78 is 28.1. The van der Waals surface area contributed by atoms with Gasteiger partial charge in [-0.2, -0.15) is 0 Å². The first-order valence-electron chi connectivity index (χ1n) is 29.1. The summed E-state index contributed by atoms with van der Waals surface area (Å²) in [7, 11) is 0. The summed E-state index contributed by atoms with van der Waals surface area (Å²) >= 11 is 0. The third-order valence-corrected chi connectivity index (χ3v) is 11.8. The molecule has 1 heterocycles. The van der Waals surface area contributed by atoms with Crippen molar-refractivity contribution in [3.63, 3.8) is 0 Å². The van der Waals surface area contributed by atoms with Crippen LogP contribution in [-0.4, -0.2) is 89.2 Å². The first-order valence-corrected chi connectivity index (χ1v) is 29.1. The van der Waals surface area contributed by atoms with Gasteiger partial charge in [-0.15, -0.1) is 0 Å². The van der Waals surface area contributed by atoms with Gasteiger partial charge in [0.25, 0.3) is 0 Å². The molecule has 3 N–H and O–H groups in total. The Morgan fingerprint density at radius 1 is 0.430 bits per heavy atom. The van der Waals surface area contributed by atoms with Gasteiger partial charge in [-0.3, -0.25) is 14.4 Å². The summed E-state index contributed by atoms with van der Waals surface area (Å²) in [5.41, 5.74) is 0. The summed E-state index contributed by atoms with van der Waals surface area (Å²) in [6, 6.07) is 0. The van der Waals surface area contributed by atoms with Crippen LogP contribution in [0.5, 0.6) is 0 Å². The van der Waals surface area contributed by atoms with Gasteiger partial charge in [0, 0.05) is 6.42 Å². The summed E-state index contributed by atoms with van der Waals surface area (Å²) in [6.45, 7) is 5.44. The van der Waals surface area contributed by atoms with E-state index in [2.05, 4.69) is 142 Å². The average molecular weight is 1100 g/mol. The molecule has 0 radical (unpaired) electrons. The maximum Gasteiger partial charge on any atom is 0.335 e. The number of aliphatic hydroxyl groups is 2. The van der Waals surface area contributed by atoms with Crippen molar-refractivity contribution < 1.29 is 58.2 Å². The van der Waals surface area contributed by atoms with Crippen molar-refractivity contribution in [1.29, 1.82) is 0 Å². The van der Waals surface area contributed by atoms with Gasteiger partial charge in [-0.1, -0.05) is 217 Å². The maximum atomic E-state index is 13.1. The lowest BCUT2D eigenvalue weighted by molar-refractivity contribution is -0.301. The summed E-state index contributed by atoms with van der Waals surface area (Å²) in [4.78, 5) is 51.0. The highest BCUT2D eigenvalue weighted by Crippen LogP contribution is 2.26. The summed E-state index contributed by atoms with van der Waals surface area (Å²) in [6.07, 6.45) is 66.6. The van der Waals surface area contributed by atoms with E-state index in [1.165, 1.54) is 0 Å². The number of ether oxygens (including phenoxy) is 5. The van der Waals surface area contributed by atoms with E-state index in [1.807, 2.05) is 36.5 Å². The van der Waals surface area contributed by atoms with E-state index in [4.69, 9.17) is 23.7 Å². The molecule has 1 rings (SSSR count). The van der Waals surface area contributed by atoms with Crippen molar-refractivity contribution in [2.75, 3.05) is 13.2 Å². The average Bonchev–Trinajstić information content (AvgIpc) is 3.46. The zero-order valence-electron chi connectivity index (χ0n) is 48.0. The second-order valence-corrected chi connectivity index (χ2v) is 18.8. The van der Waals surface area contributed by atoms with Crippen molar-refractivity contribution in [2.45, 2.75) is 212 Å². The van der Waals surface area contributed by atoms with Crippen molar-refractivity contribution in [1.82, 2.24) is 0 Å². The molecule has 1 fully saturated rings. The van der Waals surface area contributed by atoms with Crippen LogP contribution >= 0.6 is 0 Å². The predicted octanol–water partition coefficient (Wildman–Crippen LogP) is 15.1. The zero-order chi connectivity index (χ0) is 57.5. The molecule has 1 aliphatic heterocycles. The number of aliphatic carboxylic acids is 1. The Balaban J connectivity index is 2.81. The van der Waals surface area contributed by atoms with Crippen LogP contribution in [0, 0.1) is 0 Å². The van der Waals surface area contributed by atoms with Crippen LogP contribution in [0.2, 0.25) is 0 Å². The van der Waals surface area contributed by atoms with Gasteiger partial charge < -0.3 is 39.0 Å². The molecule has 0 aromatic carbocycles. The molecular formula is C67H98O12. The Labute approximate surface area is 475 Å². The lowest BCUT2D eigenvalue weighted by atomic mass is 9.98. The molecule has 438 valence electrons. The third-order valence-electron chi connectivity index (χ3n) is 11.8. The van der Waals surface area contributed by atoms with Crippen LogP contribution in [0.15, 0.2) is 170 Å². The Bertz CT molecular complexity index is 2020. The minimum atomic E-state index is -1.94. The number of rotatable bonds is 46. The molecule has 0 spiro atoms. The number of carbonyl (C=O) groups excluding carboxylic acids is 3. The Hall–Kier alpha value is -5.92. The number of allylic oxidation sites excluding steroid dienone is 26. The summed E-state index contributed by atoms with van der Waals surface area (Å²) in [5.74, 6) is -3.51. The van der Waals surface area contributed by atoms with E-state index in [-0.39, 0.29) is 19.3 Å². The monoisotopic (exact) mass is 1090 g/mol. The highest BCUT2D eigenvalue weighted by atomic mass is 16.7. The van der Waals surface area contributed by atoms with Gasteiger partial charge >= 0.3 is 23.9 Å². The molecule has 0 saturated carbocycles. The highest BCUT2D eigenvalue weighted by molar-refractivity contribution is 5.74. The van der Waals surface area contributed by atoms with E-state index < -0.39 is 73.9 Å².